The number of Topliss-reactive ketones (excluding diaryl/α,β-unsaturated/α-hetero) is 2. The van der Waals surface area contributed by atoms with Crippen molar-refractivity contribution < 1.29 is 23.9 Å². The molecule has 0 radical (unpaired) electrons. The Labute approximate surface area is 146 Å². The number of methoxy groups -OCH3 is 1. The predicted octanol–water partition coefficient (Wildman–Crippen LogP) is 3.27. The van der Waals surface area contributed by atoms with Crippen molar-refractivity contribution in [1.82, 2.24) is 4.98 Å². The summed E-state index contributed by atoms with van der Waals surface area (Å²) in [7, 11) is 1.53. The number of carbonyl (C=O) groups excluding carboxylic acids is 3. The first kappa shape index (κ1) is 18.4. The standard InChI is InChI=1S/C19H21NO5/c1-10-16(12(3)21)11(2)20-17(10)18(22)13(4)25-19(23)14-6-8-15(24-5)9-7-14/h6-9,13,20H,1-5H3/t13-/m1/s1. The first-order chi connectivity index (χ1) is 11.8. The minimum atomic E-state index is -0.980. The molecule has 0 unspecified atom stereocenters. The number of carbonyl (C=O) groups is 3. The molecule has 6 heteroatoms. The van der Waals surface area contributed by atoms with E-state index in [4.69, 9.17) is 9.47 Å². The lowest BCUT2D eigenvalue weighted by atomic mass is 10.0. The van der Waals surface area contributed by atoms with Crippen LogP contribution in [-0.2, 0) is 4.74 Å². The van der Waals surface area contributed by atoms with Gasteiger partial charge in [0.25, 0.3) is 0 Å². The Morgan fingerprint density at radius 1 is 1.08 bits per heavy atom. The number of H-pyrrole nitrogens is 1. The fraction of sp³-hybridized carbons (Fsp3) is 0.316. The van der Waals surface area contributed by atoms with Gasteiger partial charge in [0, 0.05) is 11.3 Å². The van der Waals surface area contributed by atoms with E-state index in [1.165, 1.54) is 21.0 Å². The number of hydrogen-bond acceptors (Lipinski definition) is 5. The van der Waals surface area contributed by atoms with Crippen LogP contribution in [0.2, 0.25) is 0 Å². The van der Waals surface area contributed by atoms with Crippen LogP contribution >= 0.6 is 0 Å². The maximum atomic E-state index is 12.6. The highest BCUT2D eigenvalue weighted by Gasteiger charge is 2.26. The molecule has 0 aliphatic rings. The number of benzene rings is 1. The highest BCUT2D eigenvalue weighted by molar-refractivity contribution is 6.05. The van der Waals surface area contributed by atoms with E-state index in [0.29, 0.717) is 28.1 Å². The van der Waals surface area contributed by atoms with E-state index in [9.17, 15) is 14.4 Å². The third-order valence-electron chi connectivity index (χ3n) is 4.01. The summed E-state index contributed by atoms with van der Waals surface area (Å²) in [6, 6.07) is 6.41. The molecule has 0 bridgehead atoms. The van der Waals surface area contributed by atoms with Gasteiger partial charge < -0.3 is 14.5 Å². The summed E-state index contributed by atoms with van der Waals surface area (Å²) in [6.07, 6.45) is -0.980. The Balaban J connectivity index is 2.16. The molecule has 132 valence electrons. The van der Waals surface area contributed by atoms with Crippen LogP contribution in [0.4, 0.5) is 0 Å². The number of ether oxygens (including phenoxy) is 2. The predicted molar refractivity (Wildman–Crippen MR) is 92.5 cm³/mol. The number of esters is 1. The fourth-order valence-corrected chi connectivity index (χ4v) is 2.74. The summed E-state index contributed by atoms with van der Waals surface area (Å²) in [6.45, 7) is 6.39. The largest absolute Gasteiger partial charge is 0.497 e. The highest BCUT2D eigenvalue weighted by Crippen LogP contribution is 2.21. The van der Waals surface area contributed by atoms with Gasteiger partial charge in [-0.05, 0) is 57.5 Å². The van der Waals surface area contributed by atoms with Crippen LogP contribution in [0.25, 0.3) is 0 Å². The van der Waals surface area contributed by atoms with Crippen molar-refractivity contribution in [1.29, 1.82) is 0 Å². The first-order valence-electron chi connectivity index (χ1n) is 7.85. The van der Waals surface area contributed by atoms with Crippen LogP contribution in [-0.4, -0.2) is 35.7 Å². The Kier molecular flexibility index (Phi) is 5.41. The Morgan fingerprint density at radius 2 is 1.68 bits per heavy atom. The molecule has 1 heterocycles. The molecular formula is C19H21NO5. The maximum Gasteiger partial charge on any atom is 0.338 e. The molecule has 1 N–H and O–H groups in total. The fourth-order valence-electron chi connectivity index (χ4n) is 2.74. The lowest BCUT2D eigenvalue weighted by Gasteiger charge is -2.12. The molecule has 2 aromatic rings. The molecule has 0 aliphatic carbocycles. The Bertz CT molecular complexity index is 817. The smallest absolute Gasteiger partial charge is 0.338 e. The quantitative estimate of drug-likeness (QED) is 0.643. The molecule has 1 atom stereocenters. The number of nitrogens with one attached hydrogen (secondary N) is 1. The van der Waals surface area contributed by atoms with Gasteiger partial charge in [0.05, 0.1) is 18.4 Å². The molecule has 1 aromatic carbocycles. The molecule has 25 heavy (non-hydrogen) atoms. The van der Waals surface area contributed by atoms with Crippen LogP contribution < -0.4 is 4.74 Å². The zero-order valence-electron chi connectivity index (χ0n) is 14.9. The number of rotatable bonds is 6. The van der Waals surface area contributed by atoms with Crippen molar-refractivity contribution in [2.24, 2.45) is 0 Å². The van der Waals surface area contributed by atoms with Crippen LogP contribution in [0.3, 0.4) is 0 Å². The van der Waals surface area contributed by atoms with E-state index < -0.39 is 12.1 Å². The Hall–Kier alpha value is -2.89. The third kappa shape index (κ3) is 3.79. The van der Waals surface area contributed by atoms with E-state index in [1.807, 2.05) is 0 Å². The topological polar surface area (TPSA) is 85.5 Å². The number of aromatic amines is 1. The van der Waals surface area contributed by atoms with Crippen molar-refractivity contribution in [3.05, 3.63) is 52.3 Å². The summed E-state index contributed by atoms with van der Waals surface area (Å²) in [4.78, 5) is 39.4. The van der Waals surface area contributed by atoms with Crippen LogP contribution in [0.15, 0.2) is 24.3 Å². The zero-order valence-corrected chi connectivity index (χ0v) is 14.9. The Morgan fingerprint density at radius 3 is 2.16 bits per heavy atom. The molecular weight excluding hydrogens is 322 g/mol. The number of ketones is 2. The third-order valence-corrected chi connectivity index (χ3v) is 4.01. The summed E-state index contributed by atoms with van der Waals surface area (Å²) < 4.78 is 10.3. The second kappa shape index (κ2) is 7.34. The summed E-state index contributed by atoms with van der Waals surface area (Å²) in [5, 5.41) is 0. The first-order valence-corrected chi connectivity index (χ1v) is 7.85. The molecule has 0 spiro atoms. The van der Waals surface area contributed by atoms with Gasteiger partial charge in [0.15, 0.2) is 11.9 Å². The van der Waals surface area contributed by atoms with Gasteiger partial charge in [0.1, 0.15) is 5.75 Å². The lowest BCUT2D eigenvalue weighted by molar-refractivity contribution is 0.0317. The molecule has 1 aromatic heterocycles. The molecule has 0 amide bonds. The number of hydrogen-bond donors (Lipinski definition) is 1. The molecule has 0 fully saturated rings. The van der Waals surface area contributed by atoms with Crippen molar-refractivity contribution in [3.8, 4) is 5.75 Å². The van der Waals surface area contributed by atoms with Crippen LogP contribution in [0.5, 0.6) is 5.75 Å². The van der Waals surface area contributed by atoms with Crippen LogP contribution in [0, 0.1) is 13.8 Å². The minimum absolute atomic E-state index is 0.117. The van der Waals surface area contributed by atoms with E-state index in [2.05, 4.69) is 4.98 Å². The van der Waals surface area contributed by atoms with Gasteiger partial charge >= 0.3 is 5.97 Å². The number of aromatic nitrogens is 1. The average molecular weight is 343 g/mol. The minimum Gasteiger partial charge on any atom is -0.497 e. The molecule has 2 rings (SSSR count). The van der Waals surface area contributed by atoms with E-state index in [0.717, 1.165) is 0 Å². The van der Waals surface area contributed by atoms with E-state index in [1.54, 1.807) is 38.1 Å². The summed E-state index contributed by atoms with van der Waals surface area (Å²) >= 11 is 0. The second-order valence-corrected chi connectivity index (χ2v) is 5.82. The normalized spacial score (nSPS) is 11.7. The maximum absolute atomic E-state index is 12.6. The van der Waals surface area contributed by atoms with E-state index >= 15 is 0 Å². The SMILES string of the molecule is COc1ccc(C(=O)O[C@H](C)C(=O)c2[nH]c(C)c(C(C)=O)c2C)cc1. The van der Waals surface area contributed by atoms with Crippen molar-refractivity contribution in [2.45, 2.75) is 33.8 Å². The summed E-state index contributed by atoms with van der Waals surface area (Å²) in [5.74, 6) is -0.478. The monoisotopic (exact) mass is 343 g/mol. The molecule has 6 nitrogen and oxygen atoms in total. The second-order valence-electron chi connectivity index (χ2n) is 5.82. The number of aryl methyl sites for hydroxylation is 1. The average Bonchev–Trinajstić information content (AvgIpc) is 2.88. The molecule has 0 aliphatic heterocycles. The van der Waals surface area contributed by atoms with Gasteiger partial charge in [0.2, 0.25) is 5.78 Å². The van der Waals surface area contributed by atoms with Crippen molar-refractivity contribution in [3.63, 3.8) is 0 Å². The van der Waals surface area contributed by atoms with Crippen LogP contribution in [0.1, 0.15) is 56.3 Å². The van der Waals surface area contributed by atoms with E-state index in [-0.39, 0.29) is 17.3 Å². The lowest BCUT2D eigenvalue weighted by Crippen LogP contribution is -2.25. The van der Waals surface area contributed by atoms with Crippen molar-refractivity contribution >= 4 is 17.5 Å². The van der Waals surface area contributed by atoms with Gasteiger partial charge in [-0.2, -0.15) is 0 Å². The van der Waals surface area contributed by atoms with Gasteiger partial charge in [-0.15, -0.1) is 0 Å². The molecule has 0 saturated heterocycles. The van der Waals surface area contributed by atoms with Crippen molar-refractivity contribution in [2.75, 3.05) is 7.11 Å². The van der Waals surface area contributed by atoms with Gasteiger partial charge in [-0.3, -0.25) is 9.59 Å². The highest BCUT2D eigenvalue weighted by atomic mass is 16.5. The van der Waals surface area contributed by atoms with Gasteiger partial charge in [-0.25, -0.2) is 4.79 Å². The van der Waals surface area contributed by atoms with Gasteiger partial charge in [-0.1, -0.05) is 0 Å². The summed E-state index contributed by atoms with van der Waals surface area (Å²) in [5.41, 5.74) is 2.31. The zero-order chi connectivity index (χ0) is 18.7. The molecule has 0 saturated carbocycles.